The van der Waals surface area contributed by atoms with E-state index in [0.29, 0.717) is 6.04 Å². The van der Waals surface area contributed by atoms with Crippen LogP contribution in [-0.4, -0.2) is 11.0 Å². The second-order valence-electron chi connectivity index (χ2n) is 6.03. The maximum absolute atomic E-state index is 4.84. The van der Waals surface area contributed by atoms with Gasteiger partial charge >= 0.3 is 0 Å². The zero-order chi connectivity index (χ0) is 14.8. The first-order valence-electron chi connectivity index (χ1n) is 8.10. The molecular formula is C19H20N2S. The Balaban J connectivity index is 1.77. The minimum absolute atomic E-state index is 0.607. The van der Waals surface area contributed by atoms with Gasteiger partial charge in [0.15, 0.2) is 0 Å². The molecule has 3 aromatic rings. The zero-order valence-electron chi connectivity index (χ0n) is 12.6. The van der Waals surface area contributed by atoms with Crippen molar-refractivity contribution in [2.45, 2.75) is 38.1 Å². The minimum Gasteiger partial charge on any atom is -0.382 e. The maximum Gasteiger partial charge on any atom is 0.0829 e. The van der Waals surface area contributed by atoms with Crippen LogP contribution >= 0.6 is 11.3 Å². The summed E-state index contributed by atoms with van der Waals surface area (Å²) in [4.78, 5) is 6.08. The summed E-state index contributed by atoms with van der Waals surface area (Å²) in [5.74, 6) is 0. The molecule has 22 heavy (non-hydrogen) atoms. The number of hydrogen-bond donors (Lipinski definition) is 1. The Morgan fingerprint density at radius 1 is 1.00 bits per heavy atom. The monoisotopic (exact) mass is 308 g/mol. The van der Waals surface area contributed by atoms with E-state index in [2.05, 4.69) is 53.2 Å². The van der Waals surface area contributed by atoms with Gasteiger partial charge in [-0.1, -0.05) is 43.5 Å². The first kappa shape index (κ1) is 13.8. The smallest absolute Gasteiger partial charge is 0.0829 e. The normalized spacial score (nSPS) is 16.0. The van der Waals surface area contributed by atoms with Gasteiger partial charge in [-0.25, -0.2) is 4.98 Å². The lowest BCUT2D eigenvalue weighted by Gasteiger charge is -2.24. The third-order valence-corrected chi connectivity index (χ3v) is 5.35. The summed E-state index contributed by atoms with van der Waals surface area (Å²) in [6.07, 6.45) is 6.64. The van der Waals surface area contributed by atoms with Crippen molar-refractivity contribution in [3.8, 4) is 10.6 Å². The average Bonchev–Trinajstić information content (AvgIpc) is 3.10. The molecule has 2 heterocycles. The summed E-state index contributed by atoms with van der Waals surface area (Å²) in [5, 5.41) is 7.13. The summed E-state index contributed by atoms with van der Waals surface area (Å²) in [5.41, 5.74) is 3.39. The fourth-order valence-corrected chi connectivity index (χ4v) is 4.00. The molecule has 0 unspecified atom stereocenters. The first-order chi connectivity index (χ1) is 10.9. The summed E-state index contributed by atoms with van der Waals surface area (Å²) in [6, 6.07) is 15.5. The summed E-state index contributed by atoms with van der Waals surface area (Å²) < 4.78 is 0. The van der Waals surface area contributed by atoms with E-state index in [9.17, 15) is 0 Å². The first-order valence-corrected chi connectivity index (χ1v) is 8.98. The summed E-state index contributed by atoms with van der Waals surface area (Å²) in [6.45, 7) is 0. The minimum atomic E-state index is 0.607. The van der Waals surface area contributed by atoms with Gasteiger partial charge in [0.05, 0.1) is 16.1 Å². The number of benzene rings is 1. The number of aromatic nitrogens is 1. The molecule has 1 N–H and O–H groups in total. The van der Waals surface area contributed by atoms with Gasteiger partial charge in [0.1, 0.15) is 0 Å². The van der Waals surface area contributed by atoms with Crippen molar-refractivity contribution in [3.63, 3.8) is 0 Å². The lowest BCUT2D eigenvalue weighted by atomic mass is 9.95. The standard InChI is InChI=1S/C19H20N2S/c1-2-7-14(8-3-1)20-17-13-18(19-11-6-12-22-19)21-16-10-5-4-9-15(16)17/h4-6,9-14H,1-3,7-8H2,(H,20,21). The Bertz CT molecular complexity index is 758. The number of para-hydroxylation sites is 1. The lowest BCUT2D eigenvalue weighted by Crippen LogP contribution is -2.22. The number of nitrogens with one attached hydrogen (secondary N) is 1. The molecule has 0 radical (unpaired) electrons. The zero-order valence-corrected chi connectivity index (χ0v) is 13.4. The molecule has 3 heteroatoms. The van der Waals surface area contributed by atoms with Gasteiger partial charge in [0.25, 0.3) is 0 Å². The number of hydrogen-bond acceptors (Lipinski definition) is 3. The third-order valence-electron chi connectivity index (χ3n) is 4.45. The molecule has 0 amide bonds. The summed E-state index contributed by atoms with van der Waals surface area (Å²) in [7, 11) is 0. The highest BCUT2D eigenvalue weighted by Gasteiger charge is 2.15. The number of thiophene rings is 1. The van der Waals surface area contributed by atoms with E-state index < -0.39 is 0 Å². The van der Waals surface area contributed by atoms with Crippen LogP contribution in [-0.2, 0) is 0 Å². The Hall–Kier alpha value is -1.87. The molecule has 1 aliphatic rings. The fourth-order valence-electron chi connectivity index (χ4n) is 3.31. The van der Waals surface area contributed by atoms with Crippen LogP contribution in [0, 0.1) is 0 Å². The quantitative estimate of drug-likeness (QED) is 0.670. The van der Waals surface area contributed by atoms with Gasteiger partial charge in [0, 0.05) is 17.1 Å². The molecule has 0 spiro atoms. The third kappa shape index (κ3) is 2.73. The van der Waals surface area contributed by atoms with Crippen LogP contribution in [0.2, 0.25) is 0 Å². The van der Waals surface area contributed by atoms with E-state index >= 15 is 0 Å². The van der Waals surface area contributed by atoms with Gasteiger partial charge in [-0.05, 0) is 36.4 Å². The Kier molecular flexibility index (Phi) is 3.81. The van der Waals surface area contributed by atoms with Crippen LogP contribution in [0.15, 0.2) is 47.8 Å². The Morgan fingerprint density at radius 3 is 2.68 bits per heavy atom. The van der Waals surface area contributed by atoms with E-state index in [1.165, 1.54) is 48.1 Å². The number of nitrogens with zero attached hydrogens (tertiary/aromatic N) is 1. The van der Waals surface area contributed by atoms with Crippen molar-refractivity contribution in [1.82, 2.24) is 4.98 Å². The molecule has 4 rings (SSSR count). The maximum atomic E-state index is 4.84. The van der Waals surface area contributed by atoms with E-state index in [1.807, 2.05) is 0 Å². The molecule has 1 saturated carbocycles. The largest absolute Gasteiger partial charge is 0.382 e. The molecule has 1 aliphatic carbocycles. The van der Waals surface area contributed by atoms with Crippen molar-refractivity contribution in [1.29, 1.82) is 0 Å². The second-order valence-corrected chi connectivity index (χ2v) is 6.98. The Labute approximate surface area is 135 Å². The highest BCUT2D eigenvalue weighted by Crippen LogP contribution is 2.32. The molecule has 0 bridgehead atoms. The predicted octanol–water partition coefficient (Wildman–Crippen LogP) is 5.71. The highest BCUT2D eigenvalue weighted by atomic mass is 32.1. The molecular weight excluding hydrogens is 288 g/mol. The van der Waals surface area contributed by atoms with Crippen LogP contribution in [0.25, 0.3) is 21.5 Å². The van der Waals surface area contributed by atoms with Crippen molar-refractivity contribution in [2.24, 2.45) is 0 Å². The molecule has 0 atom stereocenters. The van der Waals surface area contributed by atoms with Crippen LogP contribution in [0.5, 0.6) is 0 Å². The molecule has 2 nitrogen and oxygen atoms in total. The van der Waals surface area contributed by atoms with Gasteiger partial charge in [0.2, 0.25) is 0 Å². The molecule has 2 aromatic heterocycles. The van der Waals surface area contributed by atoms with Crippen molar-refractivity contribution >= 4 is 27.9 Å². The van der Waals surface area contributed by atoms with Crippen LogP contribution in [0.3, 0.4) is 0 Å². The number of fused-ring (bicyclic) bond motifs is 1. The van der Waals surface area contributed by atoms with E-state index in [0.717, 1.165) is 11.2 Å². The van der Waals surface area contributed by atoms with Crippen molar-refractivity contribution in [3.05, 3.63) is 47.8 Å². The second kappa shape index (κ2) is 6.09. The average molecular weight is 308 g/mol. The van der Waals surface area contributed by atoms with Crippen LogP contribution in [0.4, 0.5) is 5.69 Å². The molecule has 112 valence electrons. The predicted molar refractivity (Wildman–Crippen MR) is 95.6 cm³/mol. The topological polar surface area (TPSA) is 24.9 Å². The summed E-state index contributed by atoms with van der Waals surface area (Å²) >= 11 is 1.75. The number of anilines is 1. The van der Waals surface area contributed by atoms with Gasteiger partial charge in [-0.3, -0.25) is 0 Å². The molecule has 0 aliphatic heterocycles. The van der Waals surface area contributed by atoms with Crippen molar-refractivity contribution < 1.29 is 0 Å². The number of rotatable bonds is 3. The van der Waals surface area contributed by atoms with Gasteiger partial charge in [-0.2, -0.15) is 0 Å². The van der Waals surface area contributed by atoms with E-state index in [1.54, 1.807) is 11.3 Å². The van der Waals surface area contributed by atoms with E-state index in [-0.39, 0.29) is 0 Å². The SMILES string of the molecule is c1csc(-c2cc(NC3CCCCC3)c3ccccc3n2)c1. The molecule has 1 aromatic carbocycles. The van der Waals surface area contributed by atoms with Crippen molar-refractivity contribution in [2.75, 3.05) is 5.32 Å². The number of pyridine rings is 1. The van der Waals surface area contributed by atoms with Crippen LogP contribution in [0.1, 0.15) is 32.1 Å². The molecule has 1 fully saturated rings. The highest BCUT2D eigenvalue weighted by molar-refractivity contribution is 7.13. The van der Waals surface area contributed by atoms with Gasteiger partial charge < -0.3 is 5.32 Å². The molecule has 0 saturated heterocycles. The lowest BCUT2D eigenvalue weighted by molar-refractivity contribution is 0.463. The van der Waals surface area contributed by atoms with Gasteiger partial charge in [-0.15, -0.1) is 11.3 Å². The van der Waals surface area contributed by atoms with E-state index in [4.69, 9.17) is 4.98 Å². The fraction of sp³-hybridized carbons (Fsp3) is 0.316. The van der Waals surface area contributed by atoms with Crippen LogP contribution < -0.4 is 5.32 Å². The Morgan fingerprint density at radius 2 is 1.86 bits per heavy atom.